The second-order valence-electron chi connectivity index (χ2n) is 3.51. The van der Waals surface area contributed by atoms with Crippen LogP contribution in [0, 0.1) is 17.0 Å². The quantitative estimate of drug-likeness (QED) is 0.593. The number of hydrogen-bond donors (Lipinski definition) is 2. The van der Waals surface area contributed by atoms with Crippen molar-refractivity contribution in [2.45, 2.75) is 19.4 Å². The zero-order chi connectivity index (χ0) is 12.3. The number of nitro groups is 1. The summed E-state index contributed by atoms with van der Waals surface area (Å²) in [5, 5.41) is 19.1. The Bertz CT molecular complexity index is 431. The largest absolute Gasteiger partial charge is 0.481 e. The Morgan fingerprint density at radius 1 is 1.62 bits per heavy atom. The number of hydrogen-bond acceptors (Lipinski definition) is 4. The lowest BCUT2D eigenvalue weighted by atomic mass is 10.0. The number of carboxylic acid groups (broad SMARTS) is 1. The maximum absolute atomic E-state index is 10.6. The summed E-state index contributed by atoms with van der Waals surface area (Å²) in [4.78, 5) is 20.5. The summed E-state index contributed by atoms with van der Waals surface area (Å²) in [5.74, 6) is -0.997. The molecule has 1 aromatic carbocycles. The lowest BCUT2D eigenvalue weighted by Crippen LogP contribution is -2.15. The van der Waals surface area contributed by atoms with E-state index >= 15 is 0 Å². The van der Waals surface area contributed by atoms with Crippen LogP contribution >= 0.6 is 0 Å². The molecule has 0 fully saturated rings. The molecule has 0 spiro atoms. The van der Waals surface area contributed by atoms with Gasteiger partial charge >= 0.3 is 5.97 Å². The second kappa shape index (κ2) is 4.71. The second-order valence-corrected chi connectivity index (χ2v) is 3.51. The number of nitro benzene ring substituents is 1. The van der Waals surface area contributed by atoms with E-state index in [0.717, 1.165) is 0 Å². The molecule has 86 valence electrons. The third-order valence-corrected chi connectivity index (χ3v) is 2.24. The van der Waals surface area contributed by atoms with Crippen molar-refractivity contribution in [2.75, 3.05) is 0 Å². The molecule has 0 bridgehead atoms. The number of nitrogens with zero attached hydrogens (tertiary/aromatic N) is 1. The maximum Gasteiger partial charge on any atom is 0.305 e. The van der Waals surface area contributed by atoms with Gasteiger partial charge in [-0.2, -0.15) is 0 Å². The molecule has 0 aliphatic carbocycles. The van der Waals surface area contributed by atoms with Crippen LogP contribution < -0.4 is 5.73 Å². The molecule has 0 saturated carbocycles. The maximum atomic E-state index is 10.6. The van der Waals surface area contributed by atoms with E-state index in [1.807, 2.05) is 0 Å². The summed E-state index contributed by atoms with van der Waals surface area (Å²) in [6.07, 6.45) is -0.197. The van der Waals surface area contributed by atoms with Gasteiger partial charge in [0.05, 0.1) is 11.3 Å². The molecule has 0 saturated heterocycles. The Kier molecular flexibility index (Phi) is 3.57. The SMILES string of the molecule is Cc1cc(C(N)CC(=O)O)ccc1[N+](=O)[O-]. The predicted molar refractivity (Wildman–Crippen MR) is 57.0 cm³/mol. The van der Waals surface area contributed by atoms with Crippen molar-refractivity contribution in [3.05, 3.63) is 39.4 Å². The van der Waals surface area contributed by atoms with E-state index in [2.05, 4.69) is 0 Å². The lowest BCUT2D eigenvalue weighted by Gasteiger charge is -2.09. The minimum Gasteiger partial charge on any atom is -0.481 e. The first-order valence-corrected chi connectivity index (χ1v) is 4.64. The third kappa shape index (κ3) is 2.77. The van der Waals surface area contributed by atoms with Gasteiger partial charge in [0.25, 0.3) is 5.69 Å². The van der Waals surface area contributed by atoms with Crippen LogP contribution in [-0.4, -0.2) is 16.0 Å². The molecule has 0 aliphatic rings. The normalized spacial score (nSPS) is 12.1. The first kappa shape index (κ1) is 12.1. The topological polar surface area (TPSA) is 106 Å². The smallest absolute Gasteiger partial charge is 0.305 e. The Morgan fingerprint density at radius 3 is 2.69 bits per heavy atom. The summed E-state index contributed by atoms with van der Waals surface area (Å²) in [5.41, 5.74) is 6.71. The summed E-state index contributed by atoms with van der Waals surface area (Å²) in [6.45, 7) is 1.59. The van der Waals surface area contributed by atoms with E-state index in [9.17, 15) is 14.9 Å². The number of aliphatic carboxylic acids is 1. The number of benzene rings is 1. The molecule has 3 N–H and O–H groups in total. The first-order chi connectivity index (χ1) is 7.41. The molecule has 0 heterocycles. The molecule has 6 nitrogen and oxygen atoms in total. The number of carboxylic acids is 1. The van der Waals surface area contributed by atoms with Crippen molar-refractivity contribution in [3.8, 4) is 0 Å². The molecule has 1 unspecified atom stereocenters. The fourth-order valence-corrected chi connectivity index (χ4v) is 1.42. The molecule has 1 atom stereocenters. The highest BCUT2D eigenvalue weighted by molar-refractivity contribution is 5.68. The van der Waals surface area contributed by atoms with E-state index in [1.54, 1.807) is 13.0 Å². The highest BCUT2D eigenvalue weighted by Gasteiger charge is 2.15. The minimum absolute atomic E-state index is 0.00581. The molecule has 0 amide bonds. The fraction of sp³-hybridized carbons (Fsp3) is 0.300. The van der Waals surface area contributed by atoms with E-state index in [4.69, 9.17) is 10.8 Å². The van der Waals surface area contributed by atoms with Crippen molar-refractivity contribution in [1.29, 1.82) is 0 Å². The van der Waals surface area contributed by atoms with Gasteiger partial charge in [-0.15, -0.1) is 0 Å². The standard InChI is InChI=1S/C10H12N2O4/c1-6-4-7(8(11)5-10(13)14)2-3-9(6)12(15)16/h2-4,8H,5,11H2,1H3,(H,13,14). The number of nitrogens with two attached hydrogens (primary N) is 1. The van der Waals surface area contributed by atoms with Crippen LogP contribution in [0.25, 0.3) is 0 Å². The van der Waals surface area contributed by atoms with Crippen molar-refractivity contribution < 1.29 is 14.8 Å². The summed E-state index contributed by atoms with van der Waals surface area (Å²) >= 11 is 0. The molecule has 6 heteroatoms. The van der Waals surface area contributed by atoms with Crippen LogP contribution in [0.5, 0.6) is 0 Å². The fourth-order valence-electron chi connectivity index (χ4n) is 1.42. The zero-order valence-electron chi connectivity index (χ0n) is 8.71. The van der Waals surface area contributed by atoms with E-state index in [1.165, 1.54) is 12.1 Å². The Hall–Kier alpha value is -1.95. The molecule has 0 aliphatic heterocycles. The molecule has 0 aromatic heterocycles. The highest BCUT2D eigenvalue weighted by Crippen LogP contribution is 2.22. The molecule has 16 heavy (non-hydrogen) atoms. The van der Waals surface area contributed by atoms with Crippen LogP contribution in [0.2, 0.25) is 0 Å². The Labute approximate surface area is 91.8 Å². The third-order valence-electron chi connectivity index (χ3n) is 2.24. The van der Waals surface area contributed by atoms with Crippen molar-refractivity contribution in [3.63, 3.8) is 0 Å². The van der Waals surface area contributed by atoms with Gasteiger partial charge in [-0.05, 0) is 18.6 Å². The van der Waals surface area contributed by atoms with Crippen LogP contribution in [0.15, 0.2) is 18.2 Å². The number of aryl methyl sites for hydroxylation is 1. The average molecular weight is 224 g/mol. The predicted octanol–water partition coefficient (Wildman–Crippen LogP) is 1.38. The van der Waals surface area contributed by atoms with Crippen LogP contribution in [-0.2, 0) is 4.79 Å². The van der Waals surface area contributed by atoms with Gasteiger partial charge in [-0.1, -0.05) is 6.07 Å². The van der Waals surface area contributed by atoms with Gasteiger partial charge in [-0.3, -0.25) is 14.9 Å². The van der Waals surface area contributed by atoms with Crippen LogP contribution in [0.3, 0.4) is 0 Å². The highest BCUT2D eigenvalue weighted by atomic mass is 16.6. The van der Waals surface area contributed by atoms with E-state index in [0.29, 0.717) is 11.1 Å². The summed E-state index contributed by atoms with van der Waals surface area (Å²) in [7, 11) is 0. The molecular formula is C10H12N2O4. The minimum atomic E-state index is -0.997. The summed E-state index contributed by atoms with van der Waals surface area (Å²) < 4.78 is 0. The molecular weight excluding hydrogens is 212 g/mol. The van der Waals surface area contributed by atoms with Gasteiger partial charge in [-0.25, -0.2) is 0 Å². The number of rotatable bonds is 4. The van der Waals surface area contributed by atoms with Gasteiger partial charge in [0, 0.05) is 17.7 Å². The lowest BCUT2D eigenvalue weighted by molar-refractivity contribution is -0.385. The van der Waals surface area contributed by atoms with E-state index < -0.39 is 16.9 Å². The molecule has 1 aromatic rings. The van der Waals surface area contributed by atoms with Crippen molar-refractivity contribution in [1.82, 2.24) is 0 Å². The van der Waals surface area contributed by atoms with Gasteiger partial charge in [0.2, 0.25) is 0 Å². The zero-order valence-corrected chi connectivity index (χ0v) is 8.71. The molecule has 0 radical (unpaired) electrons. The van der Waals surface area contributed by atoms with Crippen LogP contribution in [0.4, 0.5) is 5.69 Å². The number of carbonyl (C=O) groups is 1. The van der Waals surface area contributed by atoms with Crippen molar-refractivity contribution >= 4 is 11.7 Å². The Balaban J connectivity index is 2.96. The molecule has 1 rings (SSSR count). The van der Waals surface area contributed by atoms with Gasteiger partial charge < -0.3 is 10.8 Å². The van der Waals surface area contributed by atoms with E-state index in [-0.39, 0.29) is 12.1 Å². The summed E-state index contributed by atoms with van der Waals surface area (Å²) in [6, 6.07) is 3.73. The monoisotopic (exact) mass is 224 g/mol. The van der Waals surface area contributed by atoms with Gasteiger partial charge in [0.1, 0.15) is 0 Å². The van der Waals surface area contributed by atoms with Crippen molar-refractivity contribution in [2.24, 2.45) is 5.73 Å². The van der Waals surface area contributed by atoms with Crippen LogP contribution in [0.1, 0.15) is 23.6 Å². The Morgan fingerprint density at radius 2 is 2.25 bits per heavy atom. The van der Waals surface area contributed by atoms with Gasteiger partial charge in [0.15, 0.2) is 0 Å². The average Bonchev–Trinajstić information content (AvgIpc) is 2.15. The first-order valence-electron chi connectivity index (χ1n) is 4.64.